The molecule has 2 atom stereocenters. The summed E-state index contributed by atoms with van der Waals surface area (Å²) in [6, 6.07) is 0.384. The highest BCUT2D eigenvalue weighted by atomic mass is 32.1. The first-order valence-corrected chi connectivity index (χ1v) is 7.71. The highest BCUT2D eigenvalue weighted by Crippen LogP contribution is 2.30. The van der Waals surface area contributed by atoms with E-state index in [1.807, 2.05) is 13.2 Å². The number of fused-ring (bicyclic) bond motifs is 1. The molecule has 0 saturated carbocycles. The molecule has 3 heterocycles. The largest absolute Gasteiger partial charge is 0.353 e. The zero-order valence-electron chi connectivity index (χ0n) is 11.2. The van der Waals surface area contributed by atoms with Gasteiger partial charge in [-0.25, -0.2) is 4.98 Å². The van der Waals surface area contributed by atoms with Crippen molar-refractivity contribution in [2.45, 2.75) is 31.8 Å². The fourth-order valence-electron chi connectivity index (χ4n) is 2.98. The Labute approximate surface area is 117 Å². The zero-order chi connectivity index (χ0) is 13.2. The molecule has 2 aliphatic heterocycles. The van der Waals surface area contributed by atoms with E-state index in [0.717, 1.165) is 37.6 Å². The lowest BCUT2D eigenvalue weighted by molar-refractivity contribution is -0.124. The van der Waals surface area contributed by atoms with Crippen LogP contribution in [0.1, 0.15) is 24.1 Å². The second-order valence-corrected chi connectivity index (χ2v) is 6.44. The summed E-state index contributed by atoms with van der Waals surface area (Å²) in [6.45, 7) is 2.90. The Morgan fingerprint density at radius 3 is 3.32 bits per heavy atom. The average Bonchev–Trinajstić information content (AvgIpc) is 2.87. The highest BCUT2D eigenvalue weighted by Gasteiger charge is 2.34. The summed E-state index contributed by atoms with van der Waals surface area (Å²) >= 11 is 1.77. The van der Waals surface area contributed by atoms with Crippen molar-refractivity contribution in [3.05, 3.63) is 11.1 Å². The number of nitrogens with one attached hydrogen (secondary N) is 2. The molecule has 6 heteroatoms. The van der Waals surface area contributed by atoms with E-state index < -0.39 is 0 Å². The summed E-state index contributed by atoms with van der Waals surface area (Å²) in [5, 5.41) is 7.40. The topological polar surface area (TPSA) is 57.3 Å². The summed E-state index contributed by atoms with van der Waals surface area (Å²) in [5.74, 6) is 0.809. The lowest BCUT2D eigenvalue weighted by atomic mass is 9.85. The van der Waals surface area contributed by atoms with Crippen LogP contribution in [0.15, 0.2) is 6.20 Å². The van der Waals surface area contributed by atoms with Crippen LogP contribution in [-0.2, 0) is 11.3 Å². The van der Waals surface area contributed by atoms with Crippen LogP contribution in [0, 0.1) is 5.92 Å². The summed E-state index contributed by atoms with van der Waals surface area (Å²) in [4.78, 5) is 19.6. The van der Waals surface area contributed by atoms with E-state index in [-0.39, 0.29) is 5.91 Å². The van der Waals surface area contributed by atoms with E-state index in [9.17, 15) is 4.79 Å². The first-order chi connectivity index (χ1) is 9.26. The molecule has 1 aromatic heterocycles. The summed E-state index contributed by atoms with van der Waals surface area (Å²) in [5.41, 5.74) is 0. The minimum atomic E-state index is 0.222. The molecule has 1 aromatic rings. The van der Waals surface area contributed by atoms with Gasteiger partial charge in [0.2, 0.25) is 5.91 Å². The van der Waals surface area contributed by atoms with E-state index in [2.05, 4.69) is 20.5 Å². The van der Waals surface area contributed by atoms with Gasteiger partial charge in [0.15, 0.2) is 5.13 Å². The van der Waals surface area contributed by atoms with Gasteiger partial charge in [0, 0.05) is 43.2 Å². The third kappa shape index (κ3) is 2.74. The number of carbonyl (C=O) groups is 1. The number of hydrogen-bond acceptors (Lipinski definition) is 5. The molecule has 0 aromatic carbocycles. The Balaban J connectivity index is 1.65. The molecule has 3 rings (SSSR count). The maximum Gasteiger partial charge on any atom is 0.220 e. The smallest absolute Gasteiger partial charge is 0.220 e. The predicted molar refractivity (Wildman–Crippen MR) is 76.4 cm³/mol. The number of amides is 1. The van der Waals surface area contributed by atoms with E-state index in [0.29, 0.717) is 18.4 Å². The van der Waals surface area contributed by atoms with Crippen molar-refractivity contribution in [1.82, 2.24) is 15.6 Å². The van der Waals surface area contributed by atoms with Gasteiger partial charge in [0.25, 0.3) is 0 Å². The van der Waals surface area contributed by atoms with Crippen LogP contribution in [0.5, 0.6) is 0 Å². The molecule has 0 spiro atoms. The van der Waals surface area contributed by atoms with Crippen molar-refractivity contribution in [2.75, 3.05) is 25.0 Å². The van der Waals surface area contributed by atoms with Gasteiger partial charge >= 0.3 is 0 Å². The molecule has 0 bridgehead atoms. The van der Waals surface area contributed by atoms with Crippen molar-refractivity contribution >= 4 is 22.4 Å². The number of aromatic nitrogens is 1. The Morgan fingerprint density at radius 2 is 2.47 bits per heavy atom. The maximum atomic E-state index is 11.4. The van der Waals surface area contributed by atoms with E-state index >= 15 is 0 Å². The quantitative estimate of drug-likeness (QED) is 0.866. The highest BCUT2D eigenvalue weighted by molar-refractivity contribution is 7.15. The lowest BCUT2D eigenvalue weighted by Crippen LogP contribution is -2.54. The molecule has 0 radical (unpaired) electrons. The Bertz CT molecular complexity index is 461. The first-order valence-electron chi connectivity index (χ1n) is 6.90. The van der Waals surface area contributed by atoms with Crippen LogP contribution in [0.4, 0.5) is 5.13 Å². The number of piperidine rings is 2. The van der Waals surface area contributed by atoms with Gasteiger partial charge in [-0.05, 0) is 25.8 Å². The van der Waals surface area contributed by atoms with Crippen molar-refractivity contribution in [1.29, 1.82) is 0 Å². The Hall–Kier alpha value is -1.14. The third-order valence-corrected chi connectivity index (χ3v) is 5.04. The van der Waals surface area contributed by atoms with Gasteiger partial charge in [0.1, 0.15) is 0 Å². The van der Waals surface area contributed by atoms with Crippen molar-refractivity contribution in [3.8, 4) is 0 Å². The summed E-state index contributed by atoms with van der Waals surface area (Å²) in [6.07, 6.45) is 4.70. The number of thiazole rings is 1. The van der Waals surface area contributed by atoms with Crippen LogP contribution in [-0.4, -0.2) is 37.1 Å². The molecule has 1 amide bonds. The number of hydrogen-bond donors (Lipinski definition) is 2. The molecular formula is C13H20N4OS. The number of carbonyl (C=O) groups excluding carboxylic acids is 1. The van der Waals surface area contributed by atoms with Gasteiger partial charge in [-0.15, -0.1) is 11.3 Å². The third-order valence-electron chi connectivity index (χ3n) is 3.99. The van der Waals surface area contributed by atoms with Crippen LogP contribution in [0.3, 0.4) is 0 Å². The Kier molecular flexibility index (Phi) is 3.70. The Morgan fingerprint density at radius 1 is 1.58 bits per heavy atom. The molecule has 104 valence electrons. The fourth-order valence-corrected chi connectivity index (χ4v) is 3.94. The van der Waals surface area contributed by atoms with Crippen LogP contribution < -0.4 is 15.5 Å². The molecule has 2 fully saturated rings. The van der Waals surface area contributed by atoms with Gasteiger partial charge < -0.3 is 15.5 Å². The van der Waals surface area contributed by atoms with Crippen molar-refractivity contribution < 1.29 is 4.79 Å². The monoisotopic (exact) mass is 280 g/mol. The molecule has 2 N–H and O–H groups in total. The number of anilines is 1. The second kappa shape index (κ2) is 5.46. The van der Waals surface area contributed by atoms with Crippen LogP contribution >= 0.6 is 11.3 Å². The summed E-state index contributed by atoms with van der Waals surface area (Å²) < 4.78 is 0. The molecule has 19 heavy (non-hydrogen) atoms. The molecule has 2 saturated heterocycles. The second-order valence-electron chi connectivity index (χ2n) is 5.35. The predicted octanol–water partition coefficient (Wildman–Crippen LogP) is 0.967. The van der Waals surface area contributed by atoms with Crippen molar-refractivity contribution in [3.63, 3.8) is 0 Å². The fraction of sp³-hybridized carbons (Fsp3) is 0.692. The van der Waals surface area contributed by atoms with E-state index in [1.165, 1.54) is 4.88 Å². The van der Waals surface area contributed by atoms with E-state index in [1.54, 1.807) is 11.3 Å². The molecule has 2 unspecified atom stereocenters. The van der Waals surface area contributed by atoms with Gasteiger partial charge in [-0.2, -0.15) is 0 Å². The zero-order valence-corrected chi connectivity index (χ0v) is 12.0. The first kappa shape index (κ1) is 12.9. The minimum absolute atomic E-state index is 0.222. The summed E-state index contributed by atoms with van der Waals surface area (Å²) in [7, 11) is 1.95. The SMILES string of the molecule is CNCc1cnc(N2CCC3NC(=O)CCC3C2)s1. The number of rotatable bonds is 3. The molecule has 0 aliphatic carbocycles. The lowest BCUT2D eigenvalue weighted by Gasteiger charge is -2.41. The molecule has 5 nitrogen and oxygen atoms in total. The standard InChI is InChI=1S/C13H20N4OS/c1-14-6-10-7-15-13(19-10)17-5-4-11-9(8-17)2-3-12(18)16-11/h7,9,11,14H,2-6,8H2,1H3,(H,16,18). The van der Waals surface area contributed by atoms with Crippen LogP contribution in [0.25, 0.3) is 0 Å². The average molecular weight is 280 g/mol. The number of nitrogens with zero attached hydrogens (tertiary/aromatic N) is 2. The maximum absolute atomic E-state index is 11.4. The van der Waals surface area contributed by atoms with Crippen LogP contribution in [0.2, 0.25) is 0 Å². The molecule has 2 aliphatic rings. The van der Waals surface area contributed by atoms with Gasteiger partial charge in [0.05, 0.1) is 0 Å². The van der Waals surface area contributed by atoms with Gasteiger partial charge in [-0.3, -0.25) is 4.79 Å². The van der Waals surface area contributed by atoms with Crippen molar-refractivity contribution in [2.24, 2.45) is 5.92 Å². The molecular weight excluding hydrogens is 260 g/mol. The van der Waals surface area contributed by atoms with E-state index in [4.69, 9.17) is 0 Å². The minimum Gasteiger partial charge on any atom is -0.353 e. The van der Waals surface area contributed by atoms with Gasteiger partial charge in [-0.1, -0.05) is 0 Å². The normalized spacial score (nSPS) is 27.0.